The smallest absolute Gasteiger partial charge is 0.163 e. The van der Waals surface area contributed by atoms with Gasteiger partial charge in [0.2, 0.25) is 0 Å². The Morgan fingerprint density at radius 1 is 1.05 bits per heavy atom. The summed E-state index contributed by atoms with van der Waals surface area (Å²) in [6, 6.07) is 10.2. The van der Waals surface area contributed by atoms with E-state index in [0.717, 1.165) is 23.4 Å². The fourth-order valence-corrected chi connectivity index (χ4v) is 2.11. The molecule has 0 bridgehead atoms. The fourth-order valence-electron chi connectivity index (χ4n) is 2.11. The number of hydrogen-bond acceptors (Lipinski definition) is 4. The van der Waals surface area contributed by atoms with Crippen LogP contribution in [0.25, 0.3) is 11.2 Å². The van der Waals surface area contributed by atoms with Crippen LogP contribution in [-0.4, -0.2) is 31.2 Å². The van der Waals surface area contributed by atoms with Crippen molar-refractivity contribution < 1.29 is 5.11 Å². The summed E-state index contributed by atoms with van der Waals surface area (Å²) >= 11 is 0. The predicted octanol–water partition coefficient (Wildman–Crippen LogP) is 1.41. The second-order valence-corrected chi connectivity index (χ2v) is 4.32. The third-order valence-corrected chi connectivity index (χ3v) is 3.02. The molecule has 0 saturated carbocycles. The predicted molar refractivity (Wildman–Crippen MR) is 71.7 cm³/mol. The monoisotopic (exact) mass is 254 g/mol. The Bertz CT molecular complexity index is 678. The van der Waals surface area contributed by atoms with Crippen LogP contribution in [0.1, 0.15) is 11.3 Å². The maximum Gasteiger partial charge on any atom is 0.163 e. The van der Waals surface area contributed by atoms with Gasteiger partial charge < -0.3 is 9.67 Å². The van der Waals surface area contributed by atoms with E-state index in [9.17, 15) is 0 Å². The Kier molecular flexibility index (Phi) is 3.20. The molecule has 3 aromatic rings. The van der Waals surface area contributed by atoms with E-state index >= 15 is 0 Å². The summed E-state index contributed by atoms with van der Waals surface area (Å²) in [5.74, 6) is 0. The van der Waals surface area contributed by atoms with Crippen LogP contribution < -0.4 is 0 Å². The number of imidazole rings is 1. The van der Waals surface area contributed by atoms with Gasteiger partial charge in [0.05, 0.1) is 18.6 Å². The Balaban J connectivity index is 1.99. The minimum atomic E-state index is 0.0671. The molecule has 5 heteroatoms. The minimum Gasteiger partial charge on any atom is -0.396 e. The average Bonchev–Trinajstić information content (AvgIpc) is 2.85. The van der Waals surface area contributed by atoms with Gasteiger partial charge in [0.1, 0.15) is 11.8 Å². The summed E-state index contributed by atoms with van der Waals surface area (Å²) in [6.45, 7) is 0.796. The van der Waals surface area contributed by atoms with Gasteiger partial charge in [-0.25, -0.2) is 15.0 Å². The number of aromatic nitrogens is 4. The van der Waals surface area contributed by atoms with E-state index in [1.165, 1.54) is 11.9 Å². The van der Waals surface area contributed by atoms with Gasteiger partial charge in [-0.1, -0.05) is 30.3 Å². The summed E-state index contributed by atoms with van der Waals surface area (Å²) in [6.07, 6.45) is 3.80. The van der Waals surface area contributed by atoms with Gasteiger partial charge in [0.25, 0.3) is 0 Å². The Hall–Kier alpha value is -2.27. The fraction of sp³-hybridized carbons (Fsp3) is 0.214. The molecule has 0 aliphatic carbocycles. The van der Waals surface area contributed by atoms with Crippen molar-refractivity contribution in [2.75, 3.05) is 6.61 Å². The van der Waals surface area contributed by atoms with E-state index in [4.69, 9.17) is 5.11 Å². The molecule has 0 aliphatic heterocycles. The highest BCUT2D eigenvalue weighted by atomic mass is 16.3. The number of aliphatic hydroxyl groups is 1. The zero-order valence-corrected chi connectivity index (χ0v) is 10.4. The first-order valence-corrected chi connectivity index (χ1v) is 6.18. The number of nitrogens with zero attached hydrogens (tertiary/aromatic N) is 4. The van der Waals surface area contributed by atoms with Crippen LogP contribution in [0.5, 0.6) is 0 Å². The molecule has 0 spiro atoms. The highest BCUT2D eigenvalue weighted by Gasteiger charge is 2.09. The van der Waals surface area contributed by atoms with E-state index in [-0.39, 0.29) is 6.61 Å². The van der Waals surface area contributed by atoms with Crippen LogP contribution in [0.3, 0.4) is 0 Å². The molecular formula is C14H14N4O. The maximum absolute atomic E-state index is 9.03. The number of rotatable bonds is 4. The molecule has 2 aromatic heterocycles. The van der Waals surface area contributed by atoms with Crippen LogP contribution in [0.15, 0.2) is 43.0 Å². The van der Waals surface area contributed by atoms with Crippen LogP contribution in [-0.2, 0) is 13.0 Å². The number of benzene rings is 1. The van der Waals surface area contributed by atoms with Crippen molar-refractivity contribution in [3.05, 3.63) is 54.2 Å². The van der Waals surface area contributed by atoms with Crippen molar-refractivity contribution in [1.82, 2.24) is 19.5 Å². The first-order chi connectivity index (χ1) is 9.38. The standard InChI is InChI=1S/C14H14N4O/c19-7-6-12-13-14(16-9-15-12)18(10-17-13)8-11-4-2-1-3-5-11/h1-5,9-10,19H,6-8H2. The van der Waals surface area contributed by atoms with Crippen LogP contribution in [0.2, 0.25) is 0 Å². The van der Waals surface area contributed by atoms with Gasteiger partial charge in [0.15, 0.2) is 5.65 Å². The van der Waals surface area contributed by atoms with Crippen molar-refractivity contribution in [3.8, 4) is 0 Å². The zero-order chi connectivity index (χ0) is 13.1. The molecule has 2 heterocycles. The first-order valence-electron chi connectivity index (χ1n) is 6.18. The molecule has 96 valence electrons. The highest BCUT2D eigenvalue weighted by Crippen LogP contribution is 2.14. The largest absolute Gasteiger partial charge is 0.396 e. The van der Waals surface area contributed by atoms with Crippen molar-refractivity contribution in [2.24, 2.45) is 0 Å². The lowest BCUT2D eigenvalue weighted by molar-refractivity contribution is 0.298. The number of fused-ring (bicyclic) bond motifs is 1. The van der Waals surface area contributed by atoms with Gasteiger partial charge in [-0.05, 0) is 5.56 Å². The lowest BCUT2D eigenvalue weighted by Gasteiger charge is -2.04. The molecule has 1 N–H and O–H groups in total. The molecule has 0 unspecified atom stereocenters. The summed E-state index contributed by atoms with van der Waals surface area (Å²) in [5, 5.41) is 9.03. The molecule has 1 aromatic carbocycles. The molecule has 0 fully saturated rings. The summed E-state index contributed by atoms with van der Waals surface area (Å²) in [4.78, 5) is 12.8. The molecule has 0 amide bonds. The Morgan fingerprint density at radius 3 is 2.68 bits per heavy atom. The van der Waals surface area contributed by atoms with Crippen LogP contribution >= 0.6 is 0 Å². The number of aliphatic hydroxyl groups excluding tert-OH is 1. The van der Waals surface area contributed by atoms with Crippen molar-refractivity contribution in [2.45, 2.75) is 13.0 Å². The summed E-state index contributed by atoms with van der Waals surface area (Å²) < 4.78 is 1.99. The van der Waals surface area contributed by atoms with Crippen molar-refractivity contribution in [3.63, 3.8) is 0 Å². The average molecular weight is 254 g/mol. The van der Waals surface area contributed by atoms with E-state index in [0.29, 0.717) is 6.42 Å². The second kappa shape index (κ2) is 5.16. The summed E-state index contributed by atoms with van der Waals surface area (Å²) in [7, 11) is 0. The molecular weight excluding hydrogens is 240 g/mol. The first kappa shape index (κ1) is 11.8. The van der Waals surface area contributed by atoms with Gasteiger partial charge in [-0.2, -0.15) is 0 Å². The molecule has 19 heavy (non-hydrogen) atoms. The van der Waals surface area contributed by atoms with Crippen LogP contribution in [0, 0.1) is 0 Å². The topological polar surface area (TPSA) is 63.8 Å². The van der Waals surface area contributed by atoms with Gasteiger partial charge >= 0.3 is 0 Å². The Labute approximate surface area is 110 Å². The van der Waals surface area contributed by atoms with Crippen LogP contribution in [0.4, 0.5) is 0 Å². The van der Waals surface area contributed by atoms with Gasteiger partial charge in [-0.3, -0.25) is 0 Å². The molecule has 5 nitrogen and oxygen atoms in total. The lowest BCUT2D eigenvalue weighted by Crippen LogP contribution is -2.01. The third kappa shape index (κ3) is 2.32. The minimum absolute atomic E-state index is 0.0671. The molecule has 0 aliphatic rings. The second-order valence-electron chi connectivity index (χ2n) is 4.32. The van der Waals surface area contributed by atoms with E-state index in [1.807, 2.05) is 22.8 Å². The van der Waals surface area contributed by atoms with Crippen molar-refractivity contribution >= 4 is 11.2 Å². The quantitative estimate of drug-likeness (QED) is 0.764. The van der Waals surface area contributed by atoms with Crippen molar-refractivity contribution in [1.29, 1.82) is 0 Å². The highest BCUT2D eigenvalue weighted by molar-refractivity contribution is 5.73. The molecule has 0 atom stereocenters. The van der Waals surface area contributed by atoms with E-state index < -0.39 is 0 Å². The van der Waals surface area contributed by atoms with E-state index in [2.05, 4.69) is 27.1 Å². The lowest BCUT2D eigenvalue weighted by atomic mass is 10.2. The number of hydrogen-bond donors (Lipinski definition) is 1. The summed E-state index contributed by atoms with van der Waals surface area (Å²) in [5.41, 5.74) is 3.57. The normalized spacial score (nSPS) is 11.0. The Morgan fingerprint density at radius 2 is 1.89 bits per heavy atom. The maximum atomic E-state index is 9.03. The van der Waals surface area contributed by atoms with Gasteiger partial charge in [-0.15, -0.1) is 0 Å². The SMILES string of the molecule is OCCc1ncnc2c1ncn2Cc1ccccc1. The molecule has 0 radical (unpaired) electrons. The van der Waals surface area contributed by atoms with E-state index in [1.54, 1.807) is 6.33 Å². The van der Waals surface area contributed by atoms with Gasteiger partial charge in [0, 0.05) is 13.0 Å². The zero-order valence-electron chi connectivity index (χ0n) is 10.4. The third-order valence-electron chi connectivity index (χ3n) is 3.02. The molecule has 0 saturated heterocycles. The molecule has 3 rings (SSSR count).